The fourth-order valence-electron chi connectivity index (χ4n) is 3.17. The number of fused-ring (bicyclic) bond motifs is 1. The summed E-state index contributed by atoms with van der Waals surface area (Å²) in [5, 5.41) is 11.5. The third-order valence-electron chi connectivity index (χ3n) is 4.58. The van der Waals surface area contributed by atoms with Crippen LogP contribution < -0.4 is 5.32 Å². The van der Waals surface area contributed by atoms with Crippen LogP contribution in [0.15, 0.2) is 37.1 Å². The molecule has 2 aromatic heterocycles. The van der Waals surface area contributed by atoms with Crippen LogP contribution >= 0.6 is 0 Å². The molecule has 3 rings (SSSR count). The van der Waals surface area contributed by atoms with E-state index in [1.807, 2.05) is 31.3 Å². The number of hydrogen-bond acceptors (Lipinski definition) is 4. The Morgan fingerprint density at radius 2 is 2.22 bits per heavy atom. The first kappa shape index (κ1) is 15.7. The molecule has 0 spiro atoms. The highest BCUT2D eigenvalue weighted by atomic mass is 16.2. The van der Waals surface area contributed by atoms with Gasteiger partial charge in [0.25, 0.3) is 0 Å². The highest BCUT2D eigenvalue weighted by Crippen LogP contribution is 2.27. The smallest absolute Gasteiger partial charge is 0.237 e. The topological polar surface area (TPSA) is 62.5 Å². The maximum atomic E-state index is 12.1. The summed E-state index contributed by atoms with van der Waals surface area (Å²) < 4.78 is 2.07. The highest BCUT2D eigenvalue weighted by Gasteiger charge is 2.29. The van der Waals surface area contributed by atoms with Gasteiger partial charge in [0.2, 0.25) is 5.91 Å². The van der Waals surface area contributed by atoms with E-state index in [1.54, 1.807) is 6.08 Å². The van der Waals surface area contributed by atoms with E-state index in [2.05, 4.69) is 31.4 Å². The zero-order valence-electron chi connectivity index (χ0n) is 13.5. The van der Waals surface area contributed by atoms with Crippen LogP contribution in [0.3, 0.4) is 0 Å². The number of amides is 1. The number of nitrogens with one attached hydrogen (secondary N) is 1. The molecular weight excluding hydrogens is 290 g/mol. The van der Waals surface area contributed by atoms with Gasteiger partial charge in [0, 0.05) is 18.7 Å². The Morgan fingerprint density at radius 3 is 2.96 bits per heavy atom. The Hall–Kier alpha value is -2.21. The maximum absolute atomic E-state index is 12.1. The Kier molecular flexibility index (Phi) is 4.71. The molecule has 2 aromatic rings. The highest BCUT2D eigenvalue weighted by molar-refractivity contribution is 5.81. The van der Waals surface area contributed by atoms with Gasteiger partial charge in [-0.05, 0) is 45.0 Å². The zero-order valence-corrected chi connectivity index (χ0v) is 13.5. The fraction of sp³-hybridized carbons (Fsp3) is 0.471. The molecule has 0 aromatic carbocycles. The largest absolute Gasteiger partial charge is 0.351 e. The van der Waals surface area contributed by atoms with E-state index in [4.69, 9.17) is 0 Å². The van der Waals surface area contributed by atoms with Gasteiger partial charge in [-0.2, -0.15) is 0 Å². The van der Waals surface area contributed by atoms with Crippen LogP contribution in [0.1, 0.15) is 31.5 Å². The second-order valence-corrected chi connectivity index (χ2v) is 6.01. The van der Waals surface area contributed by atoms with Gasteiger partial charge in [-0.25, -0.2) is 0 Å². The van der Waals surface area contributed by atoms with Gasteiger partial charge >= 0.3 is 0 Å². The molecule has 1 N–H and O–H groups in total. The van der Waals surface area contributed by atoms with Crippen molar-refractivity contribution in [2.75, 3.05) is 19.6 Å². The molecule has 122 valence electrons. The SMILES string of the molecule is C=CCNC(=O)C(C)N1CCC(c2nnc3ccccn23)CC1. The van der Waals surface area contributed by atoms with E-state index in [9.17, 15) is 4.79 Å². The van der Waals surface area contributed by atoms with Gasteiger partial charge in [0.15, 0.2) is 5.65 Å². The van der Waals surface area contributed by atoms with E-state index in [0.717, 1.165) is 37.4 Å². The van der Waals surface area contributed by atoms with Gasteiger partial charge < -0.3 is 5.32 Å². The van der Waals surface area contributed by atoms with Crippen molar-refractivity contribution in [2.24, 2.45) is 0 Å². The van der Waals surface area contributed by atoms with Crippen molar-refractivity contribution in [3.8, 4) is 0 Å². The van der Waals surface area contributed by atoms with Crippen LogP contribution in [0.4, 0.5) is 0 Å². The lowest BCUT2D eigenvalue weighted by molar-refractivity contribution is -0.126. The first-order valence-electron chi connectivity index (χ1n) is 8.13. The lowest BCUT2D eigenvalue weighted by Gasteiger charge is -2.34. The summed E-state index contributed by atoms with van der Waals surface area (Å²) >= 11 is 0. The minimum atomic E-state index is -0.106. The van der Waals surface area contributed by atoms with Crippen LogP contribution in [-0.4, -0.2) is 51.1 Å². The Labute approximate surface area is 136 Å². The van der Waals surface area contributed by atoms with Crippen LogP contribution in [-0.2, 0) is 4.79 Å². The van der Waals surface area contributed by atoms with Crippen molar-refractivity contribution in [2.45, 2.75) is 31.7 Å². The number of carbonyl (C=O) groups is 1. The van der Waals surface area contributed by atoms with Crippen molar-refractivity contribution in [1.29, 1.82) is 0 Å². The summed E-state index contributed by atoms with van der Waals surface area (Å²) in [7, 11) is 0. The second-order valence-electron chi connectivity index (χ2n) is 6.01. The van der Waals surface area contributed by atoms with E-state index in [-0.39, 0.29) is 11.9 Å². The maximum Gasteiger partial charge on any atom is 0.237 e. The number of pyridine rings is 1. The normalized spacial score (nSPS) is 18.0. The zero-order chi connectivity index (χ0) is 16.2. The van der Waals surface area contributed by atoms with Gasteiger partial charge in [0.05, 0.1) is 6.04 Å². The predicted molar refractivity (Wildman–Crippen MR) is 89.2 cm³/mol. The van der Waals surface area contributed by atoms with E-state index < -0.39 is 0 Å². The summed E-state index contributed by atoms with van der Waals surface area (Å²) in [6.07, 6.45) is 5.71. The van der Waals surface area contributed by atoms with Crippen molar-refractivity contribution < 1.29 is 4.79 Å². The monoisotopic (exact) mass is 313 g/mol. The molecule has 0 aliphatic carbocycles. The molecule has 3 heterocycles. The number of hydrogen-bond donors (Lipinski definition) is 1. The first-order chi connectivity index (χ1) is 11.2. The number of carbonyl (C=O) groups excluding carboxylic acids is 1. The summed E-state index contributed by atoms with van der Waals surface area (Å²) in [6.45, 7) is 7.90. The number of nitrogens with zero attached hydrogens (tertiary/aromatic N) is 4. The molecule has 1 atom stereocenters. The van der Waals surface area contributed by atoms with Crippen LogP contribution in [0.25, 0.3) is 5.65 Å². The minimum absolute atomic E-state index is 0.0660. The van der Waals surface area contributed by atoms with Crippen LogP contribution in [0, 0.1) is 0 Å². The molecule has 0 saturated carbocycles. The molecule has 6 heteroatoms. The molecule has 23 heavy (non-hydrogen) atoms. The van der Waals surface area contributed by atoms with Gasteiger partial charge in [-0.15, -0.1) is 16.8 Å². The molecule has 1 fully saturated rings. The Bertz CT molecular complexity index is 687. The number of rotatable bonds is 5. The van der Waals surface area contributed by atoms with Crippen LogP contribution in [0.5, 0.6) is 0 Å². The third-order valence-corrected chi connectivity index (χ3v) is 4.58. The number of likely N-dealkylation sites (tertiary alicyclic amines) is 1. The molecule has 6 nitrogen and oxygen atoms in total. The predicted octanol–water partition coefficient (Wildman–Crippen LogP) is 1.60. The summed E-state index contributed by atoms with van der Waals surface area (Å²) in [5.74, 6) is 1.49. The minimum Gasteiger partial charge on any atom is -0.351 e. The van der Waals surface area contributed by atoms with E-state index >= 15 is 0 Å². The third kappa shape index (κ3) is 3.27. The molecule has 1 amide bonds. The molecule has 1 aliphatic rings. The molecule has 0 radical (unpaired) electrons. The summed E-state index contributed by atoms with van der Waals surface area (Å²) in [4.78, 5) is 14.3. The number of piperidine rings is 1. The summed E-state index contributed by atoms with van der Waals surface area (Å²) in [6, 6.07) is 5.84. The van der Waals surface area contributed by atoms with Crippen molar-refractivity contribution >= 4 is 11.6 Å². The average Bonchev–Trinajstić information content (AvgIpc) is 3.03. The quantitative estimate of drug-likeness (QED) is 0.852. The lowest BCUT2D eigenvalue weighted by atomic mass is 9.95. The Balaban J connectivity index is 1.62. The fourth-order valence-corrected chi connectivity index (χ4v) is 3.17. The molecule has 1 saturated heterocycles. The second kappa shape index (κ2) is 6.91. The standard InChI is InChI=1S/C17H23N5O/c1-3-9-18-17(23)13(2)21-11-7-14(8-12-21)16-20-19-15-6-4-5-10-22(15)16/h3-6,10,13-14H,1,7-9,11-12H2,2H3,(H,18,23). The van der Waals surface area contributed by atoms with Crippen molar-refractivity contribution in [3.05, 3.63) is 42.9 Å². The van der Waals surface area contributed by atoms with Crippen molar-refractivity contribution in [1.82, 2.24) is 24.8 Å². The lowest BCUT2D eigenvalue weighted by Crippen LogP contribution is -2.48. The van der Waals surface area contributed by atoms with Gasteiger partial charge in [0.1, 0.15) is 5.82 Å². The van der Waals surface area contributed by atoms with E-state index in [1.165, 1.54) is 0 Å². The molecule has 1 aliphatic heterocycles. The number of aromatic nitrogens is 3. The molecular formula is C17H23N5O. The first-order valence-corrected chi connectivity index (χ1v) is 8.13. The molecule has 1 unspecified atom stereocenters. The van der Waals surface area contributed by atoms with Crippen LogP contribution in [0.2, 0.25) is 0 Å². The van der Waals surface area contributed by atoms with E-state index in [0.29, 0.717) is 12.5 Å². The van der Waals surface area contributed by atoms with Gasteiger partial charge in [-0.3, -0.25) is 14.1 Å². The average molecular weight is 313 g/mol. The molecule has 0 bridgehead atoms. The van der Waals surface area contributed by atoms with Crippen molar-refractivity contribution in [3.63, 3.8) is 0 Å². The van der Waals surface area contributed by atoms with Gasteiger partial charge in [-0.1, -0.05) is 12.1 Å². The summed E-state index contributed by atoms with van der Waals surface area (Å²) in [5.41, 5.74) is 0.891. The Morgan fingerprint density at radius 1 is 1.43 bits per heavy atom.